The van der Waals surface area contributed by atoms with Crippen LogP contribution in [0.2, 0.25) is 0 Å². The topological polar surface area (TPSA) is 36.9 Å². The second kappa shape index (κ2) is 10.0. The number of thiophene rings is 1. The lowest BCUT2D eigenvalue weighted by Gasteiger charge is -2.22. The Balaban J connectivity index is 0.00000225. The molecule has 1 aromatic heterocycles. The van der Waals surface area contributed by atoms with E-state index in [1.807, 2.05) is 18.4 Å². The van der Waals surface area contributed by atoms with E-state index in [-0.39, 0.29) is 24.0 Å². The minimum atomic E-state index is 0. The normalized spacial score (nSPS) is 13.0. The zero-order chi connectivity index (χ0) is 16.8. The Labute approximate surface area is 171 Å². The Hall–Kier alpha value is -1.28. The standard InChI is InChI=1S/C19H25N3OS.HI/c1-20-19(22(2)11-8-17-4-3-13-24-17)21-10-7-15-5-6-18-16(14-15)9-12-23-18;/h3-6,13-14H,7-12H2,1-2H3,(H,20,21);1H. The highest BCUT2D eigenvalue weighted by Gasteiger charge is 2.12. The summed E-state index contributed by atoms with van der Waals surface area (Å²) in [6, 6.07) is 10.8. The van der Waals surface area contributed by atoms with Crippen LogP contribution in [0.25, 0.3) is 0 Å². The van der Waals surface area contributed by atoms with Crippen LogP contribution in [0.1, 0.15) is 16.0 Å². The van der Waals surface area contributed by atoms with E-state index in [1.54, 1.807) is 0 Å². The maximum atomic E-state index is 5.56. The lowest BCUT2D eigenvalue weighted by Crippen LogP contribution is -2.40. The first-order chi connectivity index (χ1) is 11.8. The van der Waals surface area contributed by atoms with Crippen molar-refractivity contribution >= 4 is 41.3 Å². The van der Waals surface area contributed by atoms with Gasteiger partial charge in [0.25, 0.3) is 0 Å². The Morgan fingerprint density at radius 1 is 1.32 bits per heavy atom. The van der Waals surface area contributed by atoms with Gasteiger partial charge in [-0.1, -0.05) is 18.2 Å². The lowest BCUT2D eigenvalue weighted by atomic mass is 10.1. The highest BCUT2D eigenvalue weighted by molar-refractivity contribution is 14.0. The van der Waals surface area contributed by atoms with Gasteiger partial charge in [-0.2, -0.15) is 0 Å². The van der Waals surface area contributed by atoms with Gasteiger partial charge in [0.15, 0.2) is 5.96 Å². The molecule has 0 radical (unpaired) electrons. The van der Waals surface area contributed by atoms with Crippen molar-refractivity contribution in [2.75, 3.05) is 33.8 Å². The number of halogens is 1. The van der Waals surface area contributed by atoms with Crippen LogP contribution in [0, 0.1) is 0 Å². The number of ether oxygens (including phenoxy) is 1. The van der Waals surface area contributed by atoms with Gasteiger partial charge < -0.3 is 15.0 Å². The summed E-state index contributed by atoms with van der Waals surface area (Å²) in [5, 5.41) is 5.59. The zero-order valence-corrected chi connectivity index (χ0v) is 18.0. The lowest BCUT2D eigenvalue weighted by molar-refractivity contribution is 0.357. The number of nitrogens with one attached hydrogen (secondary N) is 1. The van der Waals surface area contributed by atoms with E-state index in [0.29, 0.717) is 0 Å². The number of rotatable bonds is 6. The van der Waals surface area contributed by atoms with Gasteiger partial charge in [0.05, 0.1) is 6.61 Å². The SMILES string of the molecule is CN=C(NCCc1ccc2c(c1)CCO2)N(C)CCc1cccs1.I. The third kappa shape index (κ3) is 5.60. The van der Waals surface area contributed by atoms with Gasteiger partial charge in [-0.25, -0.2) is 0 Å². The molecule has 3 rings (SSSR count). The fourth-order valence-corrected chi connectivity index (χ4v) is 3.64. The molecule has 0 fully saturated rings. The number of aliphatic imine (C=N–C) groups is 1. The van der Waals surface area contributed by atoms with Crippen molar-refractivity contribution in [3.05, 3.63) is 51.7 Å². The summed E-state index contributed by atoms with van der Waals surface area (Å²) < 4.78 is 5.56. The number of benzene rings is 1. The number of fused-ring (bicyclic) bond motifs is 1. The first-order valence-corrected chi connectivity index (χ1v) is 9.33. The fourth-order valence-electron chi connectivity index (χ4n) is 2.94. The quantitative estimate of drug-likeness (QED) is 0.398. The molecule has 0 amide bonds. The van der Waals surface area contributed by atoms with Gasteiger partial charge in [0.2, 0.25) is 0 Å². The van der Waals surface area contributed by atoms with E-state index in [4.69, 9.17) is 4.74 Å². The summed E-state index contributed by atoms with van der Waals surface area (Å²) in [5.74, 6) is 2.01. The molecule has 1 N–H and O–H groups in total. The smallest absolute Gasteiger partial charge is 0.193 e. The maximum Gasteiger partial charge on any atom is 0.193 e. The predicted octanol–water partition coefficient (Wildman–Crippen LogP) is 3.59. The van der Waals surface area contributed by atoms with Crippen LogP contribution in [0.5, 0.6) is 5.75 Å². The summed E-state index contributed by atoms with van der Waals surface area (Å²) in [6.45, 7) is 2.67. The van der Waals surface area contributed by atoms with E-state index in [1.165, 1.54) is 16.0 Å². The van der Waals surface area contributed by atoms with Crippen molar-refractivity contribution in [2.24, 2.45) is 4.99 Å². The molecule has 0 spiro atoms. The molecule has 0 unspecified atom stereocenters. The maximum absolute atomic E-state index is 5.56. The molecule has 0 saturated heterocycles. The van der Waals surface area contributed by atoms with Crippen LogP contribution < -0.4 is 10.1 Å². The highest BCUT2D eigenvalue weighted by Crippen LogP contribution is 2.25. The van der Waals surface area contributed by atoms with Crippen LogP contribution >= 0.6 is 35.3 Å². The van der Waals surface area contributed by atoms with E-state index < -0.39 is 0 Å². The van der Waals surface area contributed by atoms with Crippen LogP contribution in [-0.2, 0) is 19.3 Å². The third-order valence-corrected chi connectivity index (χ3v) is 5.23. The molecule has 0 aliphatic carbocycles. The Kier molecular flexibility index (Phi) is 8.02. The van der Waals surface area contributed by atoms with E-state index >= 15 is 0 Å². The van der Waals surface area contributed by atoms with Crippen molar-refractivity contribution < 1.29 is 4.74 Å². The van der Waals surface area contributed by atoms with Crippen molar-refractivity contribution in [1.29, 1.82) is 0 Å². The second-order valence-electron chi connectivity index (χ2n) is 6.02. The largest absolute Gasteiger partial charge is 0.493 e. The molecule has 2 aromatic rings. The molecule has 136 valence electrons. The molecule has 4 nitrogen and oxygen atoms in total. The first kappa shape index (κ1) is 20.0. The first-order valence-electron chi connectivity index (χ1n) is 8.45. The van der Waals surface area contributed by atoms with E-state index in [0.717, 1.165) is 50.7 Å². The highest BCUT2D eigenvalue weighted by atomic mass is 127. The fraction of sp³-hybridized carbons (Fsp3) is 0.421. The summed E-state index contributed by atoms with van der Waals surface area (Å²) in [4.78, 5) is 8.00. The molecule has 1 aromatic carbocycles. The summed E-state index contributed by atoms with van der Waals surface area (Å²) in [7, 11) is 3.94. The molecule has 25 heavy (non-hydrogen) atoms. The average Bonchev–Trinajstić information content (AvgIpc) is 3.27. The van der Waals surface area contributed by atoms with Gasteiger partial charge in [-0.3, -0.25) is 4.99 Å². The molecule has 2 heterocycles. The minimum absolute atomic E-state index is 0. The monoisotopic (exact) mass is 471 g/mol. The number of hydrogen-bond donors (Lipinski definition) is 1. The predicted molar refractivity (Wildman–Crippen MR) is 117 cm³/mol. The Bertz CT molecular complexity index is 688. The zero-order valence-electron chi connectivity index (χ0n) is 14.8. The average molecular weight is 471 g/mol. The number of guanidine groups is 1. The van der Waals surface area contributed by atoms with Crippen LogP contribution in [-0.4, -0.2) is 44.7 Å². The molecular formula is C19H26IN3OS. The molecule has 0 saturated carbocycles. The third-order valence-electron chi connectivity index (χ3n) is 4.30. The molecular weight excluding hydrogens is 445 g/mol. The van der Waals surface area contributed by atoms with Crippen molar-refractivity contribution in [1.82, 2.24) is 10.2 Å². The van der Waals surface area contributed by atoms with Crippen molar-refractivity contribution in [3.63, 3.8) is 0 Å². The van der Waals surface area contributed by atoms with Crippen LogP contribution in [0.3, 0.4) is 0 Å². The minimum Gasteiger partial charge on any atom is -0.493 e. The Morgan fingerprint density at radius 3 is 2.96 bits per heavy atom. The van der Waals surface area contributed by atoms with Crippen molar-refractivity contribution in [2.45, 2.75) is 19.3 Å². The van der Waals surface area contributed by atoms with Gasteiger partial charge in [-0.15, -0.1) is 35.3 Å². The van der Waals surface area contributed by atoms with Gasteiger partial charge in [0, 0.05) is 38.5 Å². The van der Waals surface area contributed by atoms with Crippen LogP contribution in [0.15, 0.2) is 40.7 Å². The summed E-state index contributed by atoms with van der Waals surface area (Å²) >= 11 is 1.81. The van der Waals surface area contributed by atoms with E-state index in [2.05, 4.69) is 58.0 Å². The van der Waals surface area contributed by atoms with Gasteiger partial charge in [0.1, 0.15) is 5.75 Å². The second-order valence-corrected chi connectivity index (χ2v) is 7.05. The molecule has 1 aliphatic rings. The van der Waals surface area contributed by atoms with Gasteiger partial charge >= 0.3 is 0 Å². The Morgan fingerprint density at radius 2 is 2.20 bits per heavy atom. The number of nitrogens with zero attached hydrogens (tertiary/aromatic N) is 2. The molecule has 0 atom stereocenters. The molecule has 0 bridgehead atoms. The summed E-state index contributed by atoms with van der Waals surface area (Å²) in [5.41, 5.74) is 2.69. The number of likely N-dealkylation sites (N-methyl/N-ethyl adjacent to an activating group) is 1. The van der Waals surface area contributed by atoms with Crippen molar-refractivity contribution in [3.8, 4) is 5.75 Å². The van der Waals surface area contributed by atoms with Gasteiger partial charge in [-0.05, 0) is 41.5 Å². The summed E-state index contributed by atoms with van der Waals surface area (Å²) in [6.07, 6.45) is 3.08. The van der Waals surface area contributed by atoms with Crippen LogP contribution in [0.4, 0.5) is 0 Å². The van der Waals surface area contributed by atoms with E-state index in [9.17, 15) is 0 Å². The number of hydrogen-bond acceptors (Lipinski definition) is 3. The molecule has 6 heteroatoms. The molecule has 1 aliphatic heterocycles.